The van der Waals surface area contributed by atoms with E-state index in [0.29, 0.717) is 42.2 Å². The molecule has 1 aliphatic rings. The van der Waals surface area contributed by atoms with Crippen LogP contribution in [-0.2, 0) is 11.3 Å². The van der Waals surface area contributed by atoms with Crippen LogP contribution in [0, 0.1) is 5.82 Å². The van der Waals surface area contributed by atoms with Crippen molar-refractivity contribution in [1.82, 2.24) is 4.90 Å². The van der Waals surface area contributed by atoms with Crippen molar-refractivity contribution in [2.24, 2.45) is 0 Å². The molecule has 0 radical (unpaired) electrons. The number of carbonyl (C=O) groups excluding carboxylic acids is 2. The molecule has 0 atom stereocenters. The minimum Gasteiger partial charge on any atom is -0.445 e. The molecule has 0 spiro atoms. The number of piperidine rings is 1. The Hall–Kier alpha value is -3.38. The quantitative estimate of drug-likeness (QED) is 0.458. The van der Waals surface area contributed by atoms with Crippen molar-refractivity contribution in [1.29, 1.82) is 0 Å². The molecule has 4 rings (SSSR count). The van der Waals surface area contributed by atoms with E-state index in [4.69, 9.17) is 16.3 Å². The first-order chi connectivity index (χ1) is 16.0. The van der Waals surface area contributed by atoms with Crippen molar-refractivity contribution in [2.45, 2.75) is 25.5 Å². The van der Waals surface area contributed by atoms with Gasteiger partial charge in [0.25, 0.3) is 0 Å². The van der Waals surface area contributed by atoms with Crippen LogP contribution >= 0.6 is 11.6 Å². The number of nitrogens with zero attached hydrogens (tertiary/aromatic N) is 1. The Labute approximate surface area is 197 Å². The first-order valence-electron chi connectivity index (χ1n) is 10.8. The van der Waals surface area contributed by atoms with E-state index >= 15 is 0 Å². The Morgan fingerprint density at radius 2 is 1.67 bits per heavy atom. The molecule has 0 bridgehead atoms. The van der Waals surface area contributed by atoms with Gasteiger partial charge in [0.15, 0.2) is 5.78 Å². The van der Waals surface area contributed by atoms with Crippen LogP contribution in [0.5, 0.6) is 0 Å². The van der Waals surface area contributed by atoms with Gasteiger partial charge in [-0.15, -0.1) is 0 Å². The number of hydrogen-bond donors (Lipinski definition) is 1. The molecule has 5 nitrogen and oxygen atoms in total. The van der Waals surface area contributed by atoms with Crippen molar-refractivity contribution in [3.63, 3.8) is 0 Å². The van der Waals surface area contributed by atoms with Crippen LogP contribution in [0.15, 0.2) is 72.8 Å². The van der Waals surface area contributed by atoms with Crippen molar-refractivity contribution < 1.29 is 18.7 Å². The number of amides is 1. The lowest BCUT2D eigenvalue weighted by molar-refractivity contribution is 0.0882. The van der Waals surface area contributed by atoms with Crippen LogP contribution in [-0.4, -0.2) is 35.9 Å². The van der Waals surface area contributed by atoms with E-state index in [2.05, 4.69) is 5.32 Å². The van der Waals surface area contributed by atoms with E-state index in [-0.39, 0.29) is 24.3 Å². The molecule has 7 heteroatoms. The molecule has 33 heavy (non-hydrogen) atoms. The standard InChI is InChI=1S/C26H24ClFN2O3/c27-19-10-11-24(22(16-19)25(31)21-8-4-5-9-23(21)28)29-20-12-14-30(15-13-20)26(32)33-17-18-6-2-1-3-7-18/h1-11,16,20,29H,12-15,17H2. The van der Waals surface area contributed by atoms with E-state index in [1.54, 1.807) is 35.2 Å². The predicted molar refractivity (Wildman–Crippen MR) is 126 cm³/mol. The maximum Gasteiger partial charge on any atom is 0.410 e. The summed E-state index contributed by atoms with van der Waals surface area (Å²) in [5.41, 5.74) is 1.85. The first-order valence-corrected chi connectivity index (χ1v) is 11.2. The van der Waals surface area contributed by atoms with Gasteiger partial charge >= 0.3 is 6.09 Å². The highest BCUT2D eigenvalue weighted by molar-refractivity contribution is 6.31. The van der Waals surface area contributed by atoms with Gasteiger partial charge in [0, 0.05) is 35.4 Å². The monoisotopic (exact) mass is 466 g/mol. The Morgan fingerprint density at radius 1 is 0.970 bits per heavy atom. The van der Waals surface area contributed by atoms with Crippen molar-refractivity contribution in [3.8, 4) is 0 Å². The lowest BCUT2D eigenvalue weighted by Crippen LogP contribution is -2.42. The molecule has 3 aromatic rings. The Kier molecular flexibility index (Phi) is 7.25. The molecule has 0 unspecified atom stereocenters. The second kappa shape index (κ2) is 10.5. The topological polar surface area (TPSA) is 58.6 Å². The molecule has 0 saturated carbocycles. The molecule has 3 aromatic carbocycles. The second-order valence-corrected chi connectivity index (χ2v) is 8.38. The molecule has 1 amide bonds. The largest absolute Gasteiger partial charge is 0.445 e. The van der Waals surface area contributed by atoms with Crippen molar-refractivity contribution in [3.05, 3.63) is 100 Å². The zero-order valence-corrected chi connectivity index (χ0v) is 18.7. The van der Waals surface area contributed by atoms with Crippen LogP contribution < -0.4 is 5.32 Å². The summed E-state index contributed by atoms with van der Waals surface area (Å²) in [5.74, 6) is -1.00. The van der Waals surface area contributed by atoms with E-state index in [0.717, 1.165) is 5.56 Å². The van der Waals surface area contributed by atoms with E-state index in [1.165, 1.54) is 12.1 Å². The number of rotatable bonds is 6. The Morgan fingerprint density at radius 3 is 2.39 bits per heavy atom. The third-order valence-corrected chi connectivity index (χ3v) is 5.90. The molecule has 1 saturated heterocycles. The average Bonchev–Trinajstić information content (AvgIpc) is 2.84. The van der Waals surface area contributed by atoms with Gasteiger partial charge < -0.3 is 15.0 Å². The number of nitrogens with one attached hydrogen (secondary N) is 1. The molecular formula is C26H24ClFN2O3. The first kappa shape index (κ1) is 22.8. The number of anilines is 1. The third kappa shape index (κ3) is 5.71. The molecule has 1 heterocycles. The summed E-state index contributed by atoms with van der Waals surface area (Å²) in [4.78, 5) is 27.1. The highest BCUT2D eigenvalue weighted by Gasteiger charge is 2.25. The van der Waals surface area contributed by atoms with Gasteiger partial charge in [0.2, 0.25) is 0 Å². The van der Waals surface area contributed by atoms with Crippen LogP contribution in [0.1, 0.15) is 34.3 Å². The minimum absolute atomic E-state index is 0.00111. The zero-order valence-electron chi connectivity index (χ0n) is 18.0. The summed E-state index contributed by atoms with van der Waals surface area (Å²) in [5, 5.41) is 3.78. The second-order valence-electron chi connectivity index (χ2n) is 7.94. The van der Waals surface area contributed by atoms with Crippen molar-refractivity contribution in [2.75, 3.05) is 18.4 Å². The molecule has 170 valence electrons. The lowest BCUT2D eigenvalue weighted by atomic mass is 9.99. The highest BCUT2D eigenvalue weighted by atomic mass is 35.5. The fourth-order valence-corrected chi connectivity index (χ4v) is 4.03. The van der Waals surface area contributed by atoms with Gasteiger partial charge in [0.1, 0.15) is 12.4 Å². The summed E-state index contributed by atoms with van der Waals surface area (Å²) in [6, 6.07) is 20.5. The van der Waals surface area contributed by atoms with Gasteiger partial charge in [-0.25, -0.2) is 9.18 Å². The minimum atomic E-state index is -0.573. The number of carbonyl (C=O) groups is 2. The molecular weight excluding hydrogens is 443 g/mol. The summed E-state index contributed by atoms with van der Waals surface area (Å²) in [7, 11) is 0. The molecule has 1 fully saturated rings. The van der Waals surface area contributed by atoms with Crippen LogP contribution in [0.25, 0.3) is 0 Å². The Bertz CT molecular complexity index is 1130. The third-order valence-electron chi connectivity index (χ3n) is 5.66. The van der Waals surface area contributed by atoms with Gasteiger partial charge in [0.05, 0.1) is 5.56 Å². The van der Waals surface area contributed by atoms with Gasteiger partial charge in [-0.05, 0) is 48.7 Å². The van der Waals surface area contributed by atoms with Crippen LogP contribution in [0.4, 0.5) is 14.9 Å². The highest BCUT2D eigenvalue weighted by Crippen LogP contribution is 2.27. The number of benzene rings is 3. The Balaban J connectivity index is 1.37. The summed E-state index contributed by atoms with van der Waals surface area (Å²) < 4.78 is 19.6. The SMILES string of the molecule is O=C(c1ccccc1F)c1cc(Cl)ccc1NC1CCN(C(=O)OCc2ccccc2)CC1. The van der Waals surface area contributed by atoms with Gasteiger partial charge in [-0.1, -0.05) is 54.1 Å². The number of hydrogen-bond acceptors (Lipinski definition) is 4. The summed E-state index contributed by atoms with van der Waals surface area (Å²) in [6.45, 7) is 1.31. The van der Waals surface area contributed by atoms with Gasteiger partial charge in [-0.2, -0.15) is 0 Å². The molecule has 1 N–H and O–H groups in total. The zero-order chi connectivity index (χ0) is 23.2. The molecule has 0 aromatic heterocycles. The lowest BCUT2D eigenvalue weighted by Gasteiger charge is -2.32. The summed E-state index contributed by atoms with van der Waals surface area (Å²) in [6.07, 6.45) is 1.05. The smallest absolute Gasteiger partial charge is 0.410 e. The summed E-state index contributed by atoms with van der Waals surface area (Å²) >= 11 is 6.13. The maximum atomic E-state index is 14.2. The predicted octanol–water partition coefficient (Wildman–Crippen LogP) is 5.92. The normalized spacial score (nSPS) is 14.1. The fourth-order valence-electron chi connectivity index (χ4n) is 3.86. The van der Waals surface area contributed by atoms with Crippen molar-refractivity contribution >= 4 is 29.2 Å². The number of ketones is 1. The molecule has 1 aliphatic heterocycles. The maximum absolute atomic E-state index is 14.2. The van der Waals surface area contributed by atoms with E-state index in [1.807, 2.05) is 30.3 Å². The molecule has 0 aliphatic carbocycles. The number of likely N-dealkylation sites (tertiary alicyclic amines) is 1. The van der Waals surface area contributed by atoms with Gasteiger partial charge in [-0.3, -0.25) is 4.79 Å². The number of ether oxygens (including phenoxy) is 1. The average molecular weight is 467 g/mol. The fraction of sp³-hybridized carbons (Fsp3) is 0.231. The van der Waals surface area contributed by atoms with Crippen LogP contribution in [0.2, 0.25) is 5.02 Å². The van der Waals surface area contributed by atoms with Crippen LogP contribution in [0.3, 0.4) is 0 Å². The van der Waals surface area contributed by atoms with E-state index < -0.39 is 11.6 Å². The van der Waals surface area contributed by atoms with E-state index in [9.17, 15) is 14.0 Å². The number of halogens is 2.